The fourth-order valence-electron chi connectivity index (χ4n) is 5.13. The van der Waals surface area contributed by atoms with Crippen LogP contribution >= 0.6 is 11.6 Å². The molecule has 5 rings (SSSR count). The Kier molecular flexibility index (Phi) is 5.69. The van der Waals surface area contributed by atoms with Crippen molar-refractivity contribution < 1.29 is 12.8 Å². The molecular formula is C28H30ClNO3S. The van der Waals surface area contributed by atoms with Gasteiger partial charge in [0.2, 0.25) is 0 Å². The second-order valence-electron chi connectivity index (χ2n) is 10.1. The lowest BCUT2D eigenvalue weighted by Crippen LogP contribution is -2.28. The quantitative estimate of drug-likeness (QED) is 0.306. The van der Waals surface area contributed by atoms with Crippen LogP contribution in [0.4, 0.5) is 5.69 Å². The maximum absolute atomic E-state index is 13.3. The minimum Gasteiger partial charge on any atom is -0.460 e. The Morgan fingerprint density at radius 1 is 1.09 bits per heavy atom. The second kappa shape index (κ2) is 8.31. The van der Waals surface area contributed by atoms with Gasteiger partial charge in [-0.15, -0.1) is 0 Å². The molecule has 0 bridgehead atoms. The van der Waals surface area contributed by atoms with Gasteiger partial charge in [-0.25, -0.2) is 8.42 Å². The molecule has 3 aromatic carbocycles. The first-order valence-electron chi connectivity index (χ1n) is 11.9. The summed E-state index contributed by atoms with van der Waals surface area (Å²) in [6.07, 6.45) is 4.10. The highest BCUT2D eigenvalue weighted by Gasteiger charge is 2.34. The monoisotopic (exact) mass is 495 g/mol. The number of aryl methyl sites for hydroxylation is 2. The normalized spacial score (nSPS) is 16.7. The number of furan rings is 1. The van der Waals surface area contributed by atoms with Crippen LogP contribution in [0, 0.1) is 18.3 Å². The van der Waals surface area contributed by atoms with E-state index in [1.807, 2.05) is 30.3 Å². The number of benzene rings is 3. The first kappa shape index (κ1) is 23.3. The van der Waals surface area contributed by atoms with Crippen molar-refractivity contribution in [3.8, 4) is 0 Å². The van der Waals surface area contributed by atoms with E-state index in [9.17, 15) is 8.42 Å². The number of rotatable bonds is 5. The summed E-state index contributed by atoms with van der Waals surface area (Å²) in [7, 11) is -3.79. The Morgan fingerprint density at radius 3 is 2.53 bits per heavy atom. The predicted molar refractivity (Wildman–Crippen MR) is 140 cm³/mol. The van der Waals surface area contributed by atoms with Crippen molar-refractivity contribution in [1.29, 1.82) is 0 Å². The molecule has 1 aromatic heterocycles. The minimum atomic E-state index is -3.79. The number of sulfonamides is 1. The van der Waals surface area contributed by atoms with Gasteiger partial charge in [-0.2, -0.15) is 0 Å². The molecule has 0 spiro atoms. The molecule has 1 atom stereocenters. The van der Waals surface area contributed by atoms with E-state index in [-0.39, 0.29) is 10.3 Å². The van der Waals surface area contributed by atoms with Gasteiger partial charge in [0, 0.05) is 33.2 Å². The van der Waals surface area contributed by atoms with Crippen molar-refractivity contribution >= 4 is 49.1 Å². The van der Waals surface area contributed by atoms with Gasteiger partial charge < -0.3 is 4.42 Å². The van der Waals surface area contributed by atoms with Gasteiger partial charge in [-0.1, -0.05) is 63.1 Å². The standard InChI is InChI=1S/C28H30ClNO3S/c1-5-28(3,4)18-10-13-26-22(15-18)23-16-25(20-8-6-7-9-21(20)27(23)33-26)30-34(31,32)19-11-12-24(29)17(2)14-19/h6-9,11-12,14,16,18,30H,5,10,13,15H2,1-4H3. The fourth-order valence-corrected chi connectivity index (χ4v) is 6.40. The SMILES string of the molecule is CCC(C)(C)C1CCc2oc3c(cc(NS(=O)(=O)c4ccc(Cl)c(C)c4)c4ccccc43)c2C1. The molecule has 4 aromatic rings. The fraction of sp³-hybridized carbons (Fsp3) is 0.357. The summed E-state index contributed by atoms with van der Waals surface area (Å²) in [6, 6.07) is 14.5. The number of halogens is 1. The van der Waals surface area contributed by atoms with Gasteiger partial charge >= 0.3 is 0 Å². The summed E-state index contributed by atoms with van der Waals surface area (Å²) in [5.74, 6) is 1.60. The van der Waals surface area contributed by atoms with Crippen molar-refractivity contribution in [2.75, 3.05) is 4.72 Å². The number of fused-ring (bicyclic) bond motifs is 5. The molecule has 4 nitrogen and oxygen atoms in total. The van der Waals surface area contributed by atoms with Gasteiger partial charge in [0.15, 0.2) is 0 Å². The molecule has 0 fully saturated rings. The molecule has 1 heterocycles. The smallest absolute Gasteiger partial charge is 0.261 e. The third kappa shape index (κ3) is 3.89. The number of hydrogen-bond donors (Lipinski definition) is 1. The summed E-state index contributed by atoms with van der Waals surface area (Å²) in [5, 5.41) is 3.29. The molecule has 6 heteroatoms. The van der Waals surface area contributed by atoms with Crippen LogP contribution in [0.25, 0.3) is 21.7 Å². The van der Waals surface area contributed by atoms with Crippen molar-refractivity contribution in [1.82, 2.24) is 0 Å². The highest BCUT2D eigenvalue weighted by atomic mass is 35.5. The molecule has 1 aliphatic carbocycles. The van der Waals surface area contributed by atoms with Crippen molar-refractivity contribution in [2.24, 2.45) is 11.3 Å². The largest absolute Gasteiger partial charge is 0.460 e. The maximum atomic E-state index is 13.3. The molecule has 178 valence electrons. The molecule has 1 N–H and O–H groups in total. The maximum Gasteiger partial charge on any atom is 0.261 e. The lowest BCUT2D eigenvalue weighted by molar-refractivity contribution is 0.179. The first-order chi connectivity index (χ1) is 16.1. The van der Waals surface area contributed by atoms with Crippen LogP contribution in [0.2, 0.25) is 5.02 Å². The van der Waals surface area contributed by atoms with E-state index in [1.165, 1.54) is 11.6 Å². The summed E-state index contributed by atoms with van der Waals surface area (Å²) < 4.78 is 35.9. The average molecular weight is 496 g/mol. The van der Waals surface area contributed by atoms with Crippen LogP contribution in [-0.2, 0) is 22.9 Å². The predicted octanol–water partition coefficient (Wildman–Crippen LogP) is 7.89. The molecule has 0 amide bonds. The van der Waals surface area contributed by atoms with E-state index >= 15 is 0 Å². The van der Waals surface area contributed by atoms with E-state index in [0.717, 1.165) is 58.7 Å². The van der Waals surface area contributed by atoms with Gasteiger partial charge in [-0.3, -0.25) is 4.72 Å². The van der Waals surface area contributed by atoms with Crippen molar-refractivity contribution in [2.45, 2.75) is 58.3 Å². The van der Waals surface area contributed by atoms with Crippen LogP contribution in [-0.4, -0.2) is 8.42 Å². The Hall–Kier alpha value is -2.50. The minimum absolute atomic E-state index is 0.192. The Labute approximate surface area is 206 Å². The van der Waals surface area contributed by atoms with Gasteiger partial charge in [0.05, 0.1) is 10.6 Å². The van der Waals surface area contributed by atoms with Crippen LogP contribution in [0.5, 0.6) is 0 Å². The van der Waals surface area contributed by atoms with E-state index in [0.29, 0.717) is 16.6 Å². The van der Waals surface area contributed by atoms with Crippen LogP contribution in [0.1, 0.15) is 50.5 Å². The van der Waals surface area contributed by atoms with E-state index in [2.05, 4.69) is 25.5 Å². The van der Waals surface area contributed by atoms with Crippen LogP contribution in [0.3, 0.4) is 0 Å². The summed E-state index contributed by atoms with van der Waals surface area (Å²) in [6.45, 7) is 8.73. The lowest BCUT2D eigenvalue weighted by atomic mass is 9.69. The highest BCUT2D eigenvalue weighted by Crippen LogP contribution is 2.45. The van der Waals surface area contributed by atoms with Crippen molar-refractivity contribution in [3.05, 3.63) is 70.4 Å². The molecule has 0 aliphatic heterocycles. The van der Waals surface area contributed by atoms with Crippen molar-refractivity contribution in [3.63, 3.8) is 0 Å². The van der Waals surface area contributed by atoms with Gasteiger partial charge in [0.1, 0.15) is 11.3 Å². The highest BCUT2D eigenvalue weighted by molar-refractivity contribution is 7.92. The van der Waals surface area contributed by atoms with Crippen LogP contribution in [0.15, 0.2) is 57.8 Å². The molecular weight excluding hydrogens is 466 g/mol. The molecule has 0 saturated heterocycles. The topological polar surface area (TPSA) is 59.3 Å². The Morgan fingerprint density at radius 2 is 1.82 bits per heavy atom. The molecule has 1 aliphatic rings. The Bertz CT molecular complexity index is 1520. The summed E-state index contributed by atoms with van der Waals surface area (Å²) in [4.78, 5) is 0.192. The number of nitrogens with one attached hydrogen (secondary N) is 1. The number of anilines is 1. The zero-order chi connectivity index (χ0) is 24.3. The van der Waals surface area contributed by atoms with E-state index in [1.54, 1.807) is 19.1 Å². The zero-order valence-electron chi connectivity index (χ0n) is 20.0. The first-order valence-corrected chi connectivity index (χ1v) is 13.7. The summed E-state index contributed by atoms with van der Waals surface area (Å²) >= 11 is 6.12. The molecule has 0 radical (unpaired) electrons. The van der Waals surface area contributed by atoms with Gasteiger partial charge in [0.25, 0.3) is 10.0 Å². The van der Waals surface area contributed by atoms with E-state index in [4.69, 9.17) is 16.0 Å². The Balaban J connectivity index is 1.65. The van der Waals surface area contributed by atoms with Gasteiger partial charge in [-0.05, 0) is 60.9 Å². The molecule has 34 heavy (non-hydrogen) atoms. The number of hydrogen-bond acceptors (Lipinski definition) is 3. The second-order valence-corrected chi connectivity index (χ2v) is 12.2. The zero-order valence-corrected chi connectivity index (χ0v) is 21.6. The average Bonchev–Trinajstić information content (AvgIpc) is 3.19. The molecule has 1 unspecified atom stereocenters. The summed E-state index contributed by atoms with van der Waals surface area (Å²) in [5.41, 5.74) is 3.60. The van der Waals surface area contributed by atoms with E-state index < -0.39 is 10.0 Å². The third-order valence-corrected chi connectivity index (χ3v) is 9.54. The lowest BCUT2D eigenvalue weighted by Gasteiger charge is -2.36. The van der Waals surface area contributed by atoms with Crippen LogP contribution < -0.4 is 4.72 Å². The molecule has 0 saturated carbocycles. The third-order valence-electron chi connectivity index (χ3n) is 7.75.